The van der Waals surface area contributed by atoms with Gasteiger partial charge in [-0.25, -0.2) is 4.67 Å². The van der Waals surface area contributed by atoms with Gasteiger partial charge in [0.05, 0.1) is 17.2 Å². The number of hydrazone groups is 1. The number of rotatable bonds is 2. The third-order valence-corrected chi connectivity index (χ3v) is 9.39. The molecule has 1 atom stereocenters. The quantitative estimate of drug-likeness (QED) is 0.624. The Morgan fingerprint density at radius 1 is 0.966 bits per heavy atom. The third kappa shape index (κ3) is 2.57. The Labute approximate surface area is 172 Å². The van der Waals surface area contributed by atoms with Crippen molar-refractivity contribution in [1.82, 2.24) is 4.67 Å². The number of fused-ring (bicyclic) bond motifs is 1. The maximum atomic E-state index is 14.9. The van der Waals surface area contributed by atoms with E-state index in [9.17, 15) is 4.57 Å². The number of hydrogen-bond donors (Lipinski definition) is 0. The first kappa shape index (κ1) is 18.7. The molecule has 3 heterocycles. The second-order valence-electron chi connectivity index (χ2n) is 8.51. The van der Waals surface area contributed by atoms with Gasteiger partial charge in [-0.2, -0.15) is 9.88 Å². The molecular formula is C23H27N4OP. The first-order valence-electron chi connectivity index (χ1n) is 10.3. The van der Waals surface area contributed by atoms with Crippen LogP contribution in [-0.2, 0) is 9.98 Å². The Kier molecular flexibility index (Phi) is 4.23. The molecule has 0 saturated carbocycles. The monoisotopic (exact) mass is 406 g/mol. The molecule has 3 aliphatic heterocycles. The van der Waals surface area contributed by atoms with E-state index in [0.29, 0.717) is 0 Å². The zero-order valence-electron chi connectivity index (χ0n) is 17.2. The topological polar surface area (TPSA) is 39.1 Å². The van der Waals surface area contributed by atoms with Gasteiger partial charge in [0.15, 0.2) is 0 Å². The lowest BCUT2D eigenvalue weighted by molar-refractivity contribution is 0.478. The summed E-state index contributed by atoms with van der Waals surface area (Å²) in [6.07, 6.45) is 4.01. The van der Waals surface area contributed by atoms with E-state index in [1.807, 2.05) is 36.5 Å². The van der Waals surface area contributed by atoms with Crippen LogP contribution in [0, 0.1) is 0 Å². The van der Waals surface area contributed by atoms with Gasteiger partial charge >= 0.3 is 0 Å². The van der Waals surface area contributed by atoms with Gasteiger partial charge in [0.25, 0.3) is 7.44 Å². The molecule has 150 valence electrons. The third-order valence-electron chi connectivity index (χ3n) is 6.42. The lowest BCUT2D eigenvalue weighted by Crippen LogP contribution is -2.30. The highest BCUT2D eigenvalue weighted by molar-refractivity contribution is 7.69. The Morgan fingerprint density at radius 3 is 2.31 bits per heavy atom. The van der Waals surface area contributed by atoms with Gasteiger partial charge < -0.3 is 4.90 Å². The number of para-hydroxylation sites is 2. The Morgan fingerprint density at radius 2 is 1.62 bits per heavy atom. The highest BCUT2D eigenvalue weighted by Gasteiger charge is 2.51. The van der Waals surface area contributed by atoms with E-state index >= 15 is 0 Å². The summed E-state index contributed by atoms with van der Waals surface area (Å²) in [5, 5.41) is 5.58. The lowest BCUT2D eigenvalue weighted by Gasteiger charge is -2.35. The minimum atomic E-state index is -3.07. The van der Waals surface area contributed by atoms with Gasteiger partial charge in [-0.1, -0.05) is 50.2 Å². The summed E-state index contributed by atoms with van der Waals surface area (Å²) in [4.78, 5) is 2.22. The molecule has 1 fully saturated rings. The van der Waals surface area contributed by atoms with Crippen LogP contribution in [0.4, 0.5) is 11.4 Å². The van der Waals surface area contributed by atoms with Crippen LogP contribution in [0.15, 0.2) is 70.7 Å². The van der Waals surface area contributed by atoms with Gasteiger partial charge in [-0.3, -0.25) is 4.57 Å². The SMILES string of the molecule is CN1/C(=C2/C=NN(c3ccccc3)[P@]2(=O)N2CCCC2)C(C)(C)c2ccccc21. The van der Waals surface area contributed by atoms with Crippen molar-refractivity contribution >= 4 is 25.0 Å². The van der Waals surface area contributed by atoms with Crippen LogP contribution in [0.25, 0.3) is 0 Å². The largest absolute Gasteiger partial charge is 0.346 e. The summed E-state index contributed by atoms with van der Waals surface area (Å²) < 4.78 is 18.8. The number of nitrogens with zero attached hydrogens (tertiary/aromatic N) is 4. The van der Waals surface area contributed by atoms with Crippen molar-refractivity contribution < 1.29 is 4.57 Å². The molecule has 1 saturated heterocycles. The van der Waals surface area contributed by atoms with E-state index in [2.05, 4.69) is 54.7 Å². The van der Waals surface area contributed by atoms with E-state index in [-0.39, 0.29) is 5.41 Å². The summed E-state index contributed by atoms with van der Waals surface area (Å²) in [5.41, 5.74) is 4.18. The van der Waals surface area contributed by atoms with Crippen molar-refractivity contribution in [2.75, 3.05) is 29.8 Å². The molecule has 29 heavy (non-hydrogen) atoms. The summed E-state index contributed by atoms with van der Waals surface area (Å²) in [6.45, 7) is 6.14. The zero-order valence-corrected chi connectivity index (χ0v) is 18.1. The molecular weight excluding hydrogens is 379 g/mol. The molecule has 2 aromatic rings. The molecule has 6 heteroatoms. The van der Waals surface area contributed by atoms with Crippen LogP contribution < -0.4 is 9.68 Å². The Bertz CT molecular complexity index is 1050. The van der Waals surface area contributed by atoms with E-state index < -0.39 is 7.44 Å². The number of likely N-dealkylation sites (N-methyl/N-ethyl adjacent to an activating group) is 1. The van der Waals surface area contributed by atoms with Crippen LogP contribution in [-0.4, -0.2) is 31.0 Å². The average Bonchev–Trinajstić information content (AvgIpc) is 3.42. The van der Waals surface area contributed by atoms with Crippen LogP contribution in [0.2, 0.25) is 0 Å². The molecule has 0 unspecified atom stereocenters. The van der Waals surface area contributed by atoms with Crippen molar-refractivity contribution in [3.8, 4) is 0 Å². The molecule has 3 aliphatic rings. The Balaban J connectivity index is 1.73. The van der Waals surface area contributed by atoms with Crippen molar-refractivity contribution in [2.45, 2.75) is 32.1 Å². The normalized spacial score (nSPS) is 28.4. The second kappa shape index (κ2) is 6.58. The highest BCUT2D eigenvalue weighted by atomic mass is 31.2. The number of anilines is 2. The molecule has 5 nitrogen and oxygen atoms in total. The summed E-state index contributed by atoms with van der Waals surface area (Å²) in [7, 11) is -0.986. The minimum absolute atomic E-state index is 0.241. The highest BCUT2D eigenvalue weighted by Crippen LogP contribution is 2.67. The average molecular weight is 406 g/mol. The van der Waals surface area contributed by atoms with Gasteiger partial charge in [-0.05, 0) is 36.6 Å². The predicted molar refractivity (Wildman–Crippen MR) is 121 cm³/mol. The summed E-state index contributed by atoms with van der Waals surface area (Å²) in [6, 6.07) is 18.4. The number of benzene rings is 2. The summed E-state index contributed by atoms with van der Waals surface area (Å²) in [5.74, 6) is 0. The van der Waals surface area contributed by atoms with Crippen LogP contribution in [0.1, 0.15) is 32.3 Å². The molecule has 0 radical (unpaired) electrons. The number of allylic oxidation sites excluding steroid dienone is 2. The minimum Gasteiger partial charge on any atom is -0.346 e. The van der Waals surface area contributed by atoms with E-state index in [1.54, 1.807) is 4.78 Å². The Hall–Kier alpha value is -2.36. The molecule has 0 bridgehead atoms. The summed E-state index contributed by atoms with van der Waals surface area (Å²) >= 11 is 0. The van der Waals surface area contributed by atoms with E-state index in [4.69, 9.17) is 5.10 Å². The smallest absolute Gasteiger partial charge is 0.292 e. The maximum absolute atomic E-state index is 14.9. The first-order chi connectivity index (χ1) is 14.0. The predicted octanol–water partition coefficient (Wildman–Crippen LogP) is 5.42. The molecule has 5 rings (SSSR count). The van der Waals surface area contributed by atoms with Crippen molar-refractivity contribution in [3.05, 3.63) is 71.2 Å². The molecule has 0 aromatic heterocycles. The lowest BCUT2D eigenvalue weighted by atomic mass is 9.84. The van der Waals surface area contributed by atoms with Crippen molar-refractivity contribution in [2.24, 2.45) is 5.10 Å². The molecule has 2 aromatic carbocycles. The fourth-order valence-corrected chi connectivity index (χ4v) is 8.16. The molecule has 0 N–H and O–H groups in total. The fourth-order valence-electron chi connectivity index (χ4n) is 5.04. The van der Waals surface area contributed by atoms with Gasteiger partial charge in [-0.15, -0.1) is 0 Å². The standard InChI is InChI=1S/C23H27N4OP/c1-23(2)19-13-7-8-14-20(19)25(3)22(23)21-17-24-27(18-11-5-4-6-12-18)29(21,28)26-15-9-10-16-26/h4-8,11-14,17H,9-10,15-16H2,1-3H3/b22-21-/t29-/m1/s1. The second-order valence-corrected chi connectivity index (χ2v) is 11.0. The number of hydrogen-bond acceptors (Lipinski definition) is 3. The maximum Gasteiger partial charge on any atom is 0.292 e. The van der Waals surface area contributed by atoms with Crippen molar-refractivity contribution in [3.63, 3.8) is 0 Å². The van der Waals surface area contributed by atoms with E-state index in [0.717, 1.165) is 42.6 Å². The first-order valence-corrected chi connectivity index (χ1v) is 11.9. The molecule has 0 amide bonds. The van der Waals surface area contributed by atoms with Crippen LogP contribution in [0.5, 0.6) is 0 Å². The van der Waals surface area contributed by atoms with Crippen LogP contribution in [0.3, 0.4) is 0 Å². The van der Waals surface area contributed by atoms with E-state index in [1.165, 1.54) is 11.3 Å². The van der Waals surface area contributed by atoms with Gasteiger partial charge in [0, 0.05) is 36.9 Å². The van der Waals surface area contributed by atoms with Crippen LogP contribution >= 0.6 is 7.44 Å². The van der Waals surface area contributed by atoms with Gasteiger partial charge in [0.1, 0.15) is 0 Å². The molecule has 0 aliphatic carbocycles. The zero-order chi connectivity index (χ0) is 20.2. The van der Waals surface area contributed by atoms with Crippen molar-refractivity contribution in [1.29, 1.82) is 0 Å². The molecule has 0 spiro atoms. The van der Waals surface area contributed by atoms with Gasteiger partial charge in [0.2, 0.25) is 0 Å². The fraction of sp³-hybridized carbons (Fsp3) is 0.348.